The van der Waals surface area contributed by atoms with Crippen LogP contribution in [-0.4, -0.2) is 45.6 Å². The second kappa shape index (κ2) is 9.21. The summed E-state index contributed by atoms with van der Waals surface area (Å²) in [7, 11) is 0. The smallest absolute Gasteiger partial charge is 0.224 e. The number of likely N-dealkylation sites (tertiary alicyclic amines) is 1. The Morgan fingerprint density at radius 1 is 1.13 bits per heavy atom. The molecular weight excluding hydrogens is 400 g/mol. The molecule has 0 bridgehead atoms. The van der Waals surface area contributed by atoms with Crippen molar-refractivity contribution in [2.75, 3.05) is 13.1 Å². The molecule has 2 amide bonds. The Balaban J connectivity index is 1.25. The average molecular weight is 425 g/mol. The van der Waals surface area contributed by atoms with Gasteiger partial charge in [0.25, 0.3) is 0 Å². The van der Waals surface area contributed by atoms with Gasteiger partial charge in [0.2, 0.25) is 11.8 Å². The molecule has 4 rings (SSSR count). The number of hydrogen-bond acceptors (Lipinski definition) is 5. The van der Waals surface area contributed by atoms with Gasteiger partial charge in [0, 0.05) is 32.4 Å². The molecule has 0 saturated carbocycles. The van der Waals surface area contributed by atoms with Crippen molar-refractivity contribution in [3.63, 3.8) is 0 Å². The fourth-order valence-corrected chi connectivity index (χ4v) is 4.50. The summed E-state index contributed by atoms with van der Waals surface area (Å²) in [5.74, 6) is 0.594. The van der Waals surface area contributed by atoms with E-state index in [4.69, 9.17) is 0 Å². The first-order chi connectivity index (χ1) is 14.6. The number of para-hydroxylation sites is 2. The standard InChI is InChI=1S/C22H24N4O3S/c27-18(19-8-4-14-30-19)9-10-20(28)23-12-11-21(29)26-13-3-7-17(26)22-24-15-5-1-2-6-16(15)25-22/h1-2,4-6,8,14,17H,3,7,9-13H2,(H,23,28)(H,24,25)/t17-/m1/s1. The van der Waals surface area contributed by atoms with Crippen molar-refractivity contribution in [2.45, 2.75) is 38.1 Å². The van der Waals surface area contributed by atoms with Gasteiger partial charge in [-0.3, -0.25) is 14.4 Å². The SMILES string of the molecule is O=C(CCC(=O)c1cccs1)NCCC(=O)N1CCC[C@@H]1c1nc2ccccc2[nH]1. The van der Waals surface area contributed by atoms with Crippen molar-refractivity contribution in [2.24, 2.45) is 0 Å². The van der Waals surface area contributed by atoms with E-state index in [1.165, 1.54) is 11.3 Å². The van der Waals surface area contributed by atoms with E-state index in [1.807, 2.05) is 40.6 Å². The predicted octanol–water partition coefficient (Wildman–Crippen LogP) is 3.46. The number of carbonyl (C=O) groups is 3. The van der Waals surface area contributed by atoms with Crippen molar-refractivity contribution >= 4 is 40.0 Å². The lowest BCUT2D eigenvalue weighted by atomic mass is 10.2. The maximum absolute atomic E-state index is 12.7. The molecule has 30 heavy (non-hydrogen) atoms. The monoisotopic (exact) mass is 424 g/mol. The number of hydrogen-bond donors (Lipinski definition) is 2. The molecule has 3 heterocycles. The zero-order chi connectivity index (χ0) is 20.9. The number of amides is 2. The van der Waals surface area contributed by atoms with Gasteiger partial charge in [0.15, 0.2) is 5.78 Å². The predicted molar refractivity (Wildman–Crippen MR) is 115 cm³/mol. The summed E-state index contributed by atoms with van der Waals surface area (Å²) >= 11 is 1.38. The lowest BCUT2D eigenvalue weighted by Crippen LogP contribution is -2.34. The maximum Gasteiger partial charge on any atom is 0.224 e. The Morgan fingerprint density at radius 2 is 2.00 bits per heavy atom. The number of benzene rings is 1. The second-order valence-electron chi connectivity index (χ2n) is 7.38. The van der Waals surface area contributed by atoms with Crippen molar-refractivity contribution in [3.8, 4) is 0 Å². The van der Waals surface area contributed by atoms with Crippen LogP contribution < -0.4 is 5.32 Å². The van der Waals surface area contributed by atoms with Crippen molar-refractivity contribution in [3.05, 3.63) is 52.5 Å². The molecular formula is C22H24N4O3S. The van der Waals surface area contributed by atoms with Gasteiger partial charge in [-0.25, -0.2) is 4.98 Å². The van der Waals surface area contributed by atoms with Gasteiger partial charge >= 0.3 is 0 Å². The van der Waals surface area contributed by atoms with E-state index < -0.39 is 0 Å². The largest absolute Gasteiger partial charge is 0.356 e. The molecule has 0 unspecified atom stereocenters. The Hall–Kier alpha value is -3.00. The van der Waals surface area contributed by atoms with E-state index >= 15 is 0 Å². The average Bonchev–Trinajstić information content (AvgIpc) is 3.51. The van der Waals surface area contributed by atoms with Crippen molar-refractivity contribution < 1.29 is 14.4 Å². The van der Waals surface area contributed by atoms with Gasteiger partial charge in [-0.2, -0.15) is 0 Å². The molecule has 1 aromatic carbocycles. The highest BCUT2D eigenvalue weighted by molar-refractivity contribution is 7.12. The summed E-state index contributed by atoms with van der Waals surface area (Å²) in [6.07, 6.45) is 2.37. The normalized spacial score (nSPS) is 16.1. The van der Waals surface area contributed by atoms with Crippen LogP contribution in [0.4, 0.5) is 0 Å². The molecule has 8 heteroatoms. The molecule has 1 atom stereocenters. The molecule has 1 aliphatic heterocycles. The number of imidazole rings is 1. The Morgan fingerprint density at radius 3 is 2.80 bits per heavy atom. The first kappa shape index (κ1) is 20.3. The molecule has 156 valence electrons. The minimum absolute atomic E-state index is 0.00733. The summed E-state index contributed by atoms with van der Waals surface area (Å²) in [6.45, 7) is 0.970. The molecule has 1 saturated heterocycles. The zero-order valence-corrected chi connectivity index (χ0v) is 17.4. The highest BCUT2D eigenvalue weighted by Crippen LogP contribution is 2.31. The first-order valence-corrected chi connectivity index (χ1v) is 11.1. The summed E-state index contributed by atoms with van der Waals surface area (Å²) in [4.78, 5) is 47.2. The van der Waals surface area contributed by atoms with Gasteiger partial charge in [-0.1, -0.05) is 18.2 Å². The molecule has 2 aromatic heterocycles. The molecule has 2 N–H and O–H groups in total. The highest BCUT2D eigenvalue weighted by atomic mass is 32.1. The zero-order valence-electron chi connectivity index (χ0n) is 16.6. The van der Waals surface area contributed by atoms with Crippen LogP contribution in [0.15, 0.2) is 41.8 Å². The van der Waals surface area contributed by atoms with Crippen molar-refractivity contribution in [1.29, 1.82) is 0 Å². The van der Waals surface area contributed by atoms with Crippen LogP contribution in [0.25, 0.3) is 11.0 Å². The molecule has 3 aromatic rings. The summed E-state index contributed by atoms with van der Waals surface area (Å²) in [5.41, 5.74) is 1.87. The highest BCUT2D eigenvalue weighted by Gasteiger charge is 2.31. The molecule has 1 fully saturated rings. The van der Waals surface area contributed by atoms with Gasteiger partial charge in [-0.05, 0) is 36.4 Å². The van der Waals surface area contributed by atoms with Crippen LogP contribution in [-0.2, 0) is 9.59 Å². The molecule has 0 radical (unpaired) electrons. The summed E-state index contributed by atoms with van der Waals surface area (Å²) < 4.78 is 0. The van der Waals surface area contributed by atoms with E-state index in [1.54, 1.807) is 6.07 Å². The van der Waals surface area contributed by atoms with E-state index in [9.17, 15) is 14.4 Å². The van der Waals surface area contributed by atoms with Crippen LogP contribution in [0.5, 0.6) is 0 Å². The Labute approximate surface area is 178 Å². The van der Waals surface area contributed by atoms with Crippen LogP contribution in [0.1, 0.15) is 53.6 Å². The quantitative estimate of drug-likeness (QED) is 0.542. The van der Waals surface area contributed by atoms with Crippen LogP contribution in [0.3, 0.4) is 0 Å². The van der Waals surface area contributed by atoms with E-state index in [-0.39, 0.29) is 49.4 Å². The van der Waals surface area contributed by atoms with Crippen LogP contribution >= 0.6 is 11.3 Å². The first-order valence-electron chi connectivity index (χ1n) is 10.2. The van der Waals surface area contributed by atoms with Crippen molar-refractivity contribution in [1.82, 2.24) is 20.2 Å². The molecule has 0 aliphatic carbocycles. The summed E-state index contributed by atoms with van der Waals surface area (Å²) in [5, 5.41) is 4.60. The second-order valence-corrected chi connectivity index (χ2v) is 8.33. The Bertz CT molecular complexity index is 1010. The fraction of sp³-hybridized carbons (Fsp3) is 0.364. The number of Topliss-reactive ketones (excluding diaryl/α,β-unsaturated/α-hetero) is 1. The minimum Gasteiger partial charge on any atom is -0.356 e. The maximum atomic E-state index is 12.7. The number of H-pyrrole nitrogens is 1. The number of aromatic nitrogens is 2. The number of nitrogens with zero attached hydrogens (tertiary/aromatic N) is 2. The van der Waals surface area contributed by atoms with Crippen LogP contribution in [0.2, 0.25) is 0 Å². The third kappa shape index (κ3) is 4.59. The topological polar surface area (TPSA) is 95.2 Å². The number of carbonyl (C=O) groups excluding carboxylic acids is 3. The van der Waals surface area contributed by atoms with E-state index in [2.05, 4.69) is 15.3 Å². The van der Waals surface area contributed by atoms with E-state index in [0.717, 1.165) is 29.7 Å². The number of nitrogens with one attached hydrogen (secondary N) is 2. The third-order valence-corrected chi connectivity index (χ3v) is 6.24. The van der Waals surface area contributed by atoms with Gasteiger partial charge < -0.3 is 15.2 Å². The van der Waals surface area contributed by atoms with Gasteiger partial charge in [0.1, 0.15) is 5.82 Å². The number of aromatic amines is 1. The number of fused-ring (bicyclic) bond motifs is 1. The lowest BCUT2D eigenvalue weighted by Gasteiger charge is -2.23. The lowest BCUT2D eigenvalue weighted by molar-refractivity contribution is -0.132. The van der Waals surface area contributed by atoms with Crippen LogP contribution in [0, 0.1) is 0 Å². The van der Waals surface area contributed by atoms with Gasteiger partial charge in [0.05, 0.1) is 22.0 Å². The summed E-state index contributed by atoms with van der Waals surface area (Å²) in [6, 6.07) is 11.4. The number of ketones is 1. The number of rotatable bonds is 8. The van der Waals surface area contributed by atoms with Gasteiger partial charge in [-0.15, -0.1) is 11.3 Å². The molecule has 0 spiro atoms. The number of thiophene rings is 1. The minimum atomic E-state index is -0.206. The fourth-order valence-electron chi connectivity index (χ4n) is 3.81. The van der Waals surface area contributed by atoms with E-state index in [0.29, 0.717) is 11.4 Å². The molecule has 7 nitrogen and oxygen atoms in total. The molecule has 1 aliphatic rings. The Kier molecular flexibility index (Phi) is 6.23. The third-order valence-electron chi connectivity index (χ3n) is 5.33.